The van der Waals surface area contributed by atoms with Crippen LogP contribution >= 0.6 is 11.6 Å². The van der Waals surface area contributed by atoms with Crippen LogP contribution in [0.3, 0.4) is 0 Å². The number of nitrogens with one attached hydrogen (secondary N) is 2. The summed E-state index contributed by atoms with van der Waals surface area (Å²) in [6, 6.07) is 8.31. The second-order valence-corrected chi connectivity index (χ2v) is 6.32. The molecule has 0 aliphatic carbocycles. The van der Waals surface area contributed by atoms with Crippen molar-refractivity contribution in [1.82, 2.24) is 9.71 Å². The van der Waals surface area contributed by atoms with Gasteiger partial charge in [-0.2, -0.15) is 0 Å². The lowest BCUT2D eigenvalue weighted by Crippen LogP contribution is -2.29. The zero-order chi connectivity index (χ0) is 14.6. The van der Waals surface area contributed by atoms with E-state index in [1.165, 1.54) is 18.5 Å². The van der Waals surface area contributed by atoms with Gasteiger partial charge in [0, 0.05) is 30.0 Å². The molecule has 1 aromatic carbocycles. The summed E-state index contributed by atoms with van der Waals surface area (Å²) in [5.74, 6) is 0. The van der Waals surface area contributed by atoms with Gasteiger partial charge in [0.2, 0.25) is 15.5 Å². The largest absolute Gasteiger partial charge is 0.366 e. The van der Waals surface area contributed by atoms with Gasteiger partial charge in [-0.15, -0.1) is 0 Å². The van der Waals surface area contributed by atoms with Gasteiger partial charge in [0.15, 0.2) is 0 Å². The van der Waals surface area contributed by atoms with Gasteiger partial charge < -0.3 is 4.98 Å². The molecule has 2 N–H and O–H groups in total. The number of hydrogen-bond donors (Lipinski definition) is 2. The number of benzene rings is 1. The number of hydrogen-bond acceptors (Lipinski definition) is 3. The summed E-state index contributed by atoms with van der Waals surface area (Å²) in [7, 11) is -3.79. The van der Waals surface area contributed by atoms with Gasteiger partial charge in [0.25, 0.3) is 0 Å². The minimum Gasteiger partial charge on any atom is -0.366 e. The van der Waals surface area contributed by atoms with Gasteiger partial charge in [-0.3, -0.25) is 4.79 Å². The summed E-state index contributed by atoms with van der Waals surface area (Å²) < 4.78 is 26.3. The van der Waals surface area contributed by atoms with E-state index in [-0.39, 0.29) is 11.4 Å². The van der Waals surface area contributed by atoms with E-state index in [0.29, 0.717) is 11.4 Å². The normalized spacial score (nSPS) is 11.4. The Balaban J connectivity index is 2.02. The van der Waals surface area contributed by atoms with Crippen LogP contribution in [-0.4, -0.2) is 19.9 Å². The van der Waals surface area contributed by atoms with E-state index in [0.717, 1.165) is 5.56 Å². The maximum atomic E-state index is 11.9. The van der Waals surface area contributed by atoms with Crippen molar-refractivity contribution < 1.29 is 8.42 Å². The number of aromatic amines is 1. The third kappa shape index (κ3) is 3.69. The second-order valence-electron chi connectivity index (χ2n) is 4.15. The summed E-state index contributed by atoms with van der Waals surface area (Å²) in [4.78, 5) is 13.8. The van der Waals surface area contributed by atoms with E-state index in [9.17, 15) is 13.2 Å². The van der Waals surface area contributed by atoms with Crippen LogP contribution in [0.1, 0.15) is 5.56 Å². The molecule has 0 amide bonds. The number of rotatable bonds is 5. The van der Waals surface area contributed by atoms with Crippen LogP contribution < -0.4 is 10.2 Å². The van der Waals surface area contributed by atoms with Crippen LogP contribution in [0.5, 0.6) is 0 Å². The smallest absolute Gasteiger partial charge is 0.245 e. The zero-order valence-corrected chi connectivity index (χ0v) is 12.0. The Hall–Kier alpha value is -1.63. The van der Waals surface area contributed by atoms with Crippen LogP contribution in [0.15, 0.2) is 52.4 Å². The molecular weight excluding hydrogens is 300 g/mol. The highest BCUT2D eigenvalue weighted by Crippen LogP contribution is 2.09. The van der Waals surface area contributed by atoms with Crippen molar-refractivity contribution in [1.29, 1.82) is 0 Å². The number of halogens is 1. The molecule has 0 spiro atoms. The maximum Gasteiger partial charge on any atom is 0.245 e. The van der Waals surface area contributed by atoms with Gasteiger partial charge in [0.05, 0.1) is 0 Å². The summed E-state index contributed by atoms with van der Waals surface area (Å²) in [5, 5.41) is 0.630. The summed E-state index contributed by atoms with van der Waals surface area (Å²) >= 11 is 5.77. The van der Waals surface area contributed by atoms with E-state index in [1.807, 2.05) is 12.1 Å². The Morgan fingerprint density at radius 2 is 1.85 bits per heavy atom. The summed E-state index contributed by atoms with van der Waals surface area (Å²) in [6.45, 7) is 0.207. The van der Waals surface area contributed by atoms with Crippen molar-refractivity contribution in [3.8, 4) is 0 Å². The Morgan fingerprint density at radius 1 is 1.15 bits per heavy atom. The number of aromatic nitrogens is 1. The molecular formula is C13H13ClN2O3S. The minimum absolute atomic E-state index is 0.207. The fourth-order valence-electron chi connectivity index (χ4n) is 1.67. The molecule has 1 heterocycles. The SMILES string of the molecule is O=c1cc[nH]cc1S(=O)(=O)NCCc1ccc(Cl)cc1. The molecule has 2 rings (SSSR count). The molecule has 0 bridgehead atoms. The first-order valence-electron chi connectivity index (χ1n) is 5.90. The molecule has 0 unspecified atom stereocenters. The number of sulfonamides is 1. The summed E-state index contributed by atoms with van der Waals surface area (Å²) in [5.41, 5.74) is 0.418. The third-order valence-electron chi connectivity index (χ3n) is 2.70. The van der Waals surface area contributed by atoms with Crippen molar-refractivity contribution in [2.45, 2.75) is 11.3 Å². The average Bonchev–Trinajstić information content (AvgIpc) is 2.41. The molecule has 1 aromatic heterocycles. The zero-order valence-electron chi connectivity index (χ0n) is 10.5. The standard InChI is InChI=1S/C13H13ClN2O3S/c14-11-3-1-10(2-4-11)5-8-16-20(18,19)13-9-15-7-6-12(13)17/h1-4,6-7,9,16H,5,8H2,(H,15,17). The number of pyridine rings is 1. The van der Waals surface area contributed by atoms with E-state index in [4.69, 9.17) is 11.6 Å². The molecule has 0 saturated carbocycles. The van der Waals surface area contributed by atoms with E-state index in [2.05, 4.69) is 9.71 Å². The van der Waals surface area contributed by atoms with Gasteiger partial charge in [-0.25, -0.2) is 13.1 Å². The molecule has 0 aliphatic rings. The minimum atomic E-state index is -3.79. The first-order chi connectivity index (χ1) is 9.49. The first kappa shape index (κ1) is 14.8. The van der Waals surface area contributed by atoms with Crippen LogP contribution in [-0.2, 0) is 16.4 Å². The molecule has 0 fully saturated rings. The van der Waals surface area contributed by atoms with Crippen molar-refractivity contribution in [3.63, 3.8) is 0 Å². The van der Waals surface area contributed by atoms with E-state index < -0.39 is 15.5 Å². The van der Waals surface area contributed by atoms with Gasteiger partial charge in [-0.1, -0.05) is 23.7 Å². The van der Waals surface area contributed by atoms with Gasteiger partial charge in [-0.05, 0) is 24.1 Å². The van der Waals surface area contributed by atoms with E-state index >= 15 is 0 Å². The highest BCUT2D eigenvalue weighted by molar-refractivity contribution is 7.89. The van der Waals surface area contributed by atoms with Crippen LogP contribution in [0.25, 0.3) is 0 Å². The molecule has 5 nitrogen and oxygen atoms in total. The topological polar surface area (TPSA) is 79.0 Å². The van der Waals surface area contributed by atoms with Crippen LogP contribution in [0, 0.1) is 0 Å². The molecule has 0 saturated heterocycles. The first-order valence-corrected chi connectivity index (χ1v) is 7.76. The van der Waals surface area contributed by atoms with Crippen molar-refractivity contribution in [3.05, 3.63) is 63.5 Å². The lowest BCUT2D eigenvalue weighted by Gasteiger charge is -2.06. The predicted octanol–water partition coefficient (Wildman–Crippen LogP) is 1.55. The average molecular weight is 313 g/mol. The molecule has 0 radical (unpaired) electrons. The molecule has 106 valence electrons. The third-order valence-corrected chi connectivity index (χ3v) is 4.43. The lowest BCUT2D eigenvalue weighted by atomic mass is 10.2. The molecule has 0 atom stereocenters. The number of H-pyrrole nitrogens is 1. The highest BCUT2D eigenvalue weighted by Gasteiger charge is 2.16. The second kappa shape index (κ2) is 6.21. The Kier molecular flexibility index (Phi) is 4.59. The van der Waals surface area contributed by atoms with Crippen molar-refractivity contribution >= 4 is 21.6 Å². The van der Waals surface area contributed by atoms with Gasteiger partial charge >= 0.3 is 0 Å². The van der Waals surface area contributed by atoms with Crippen molar-refractivity contribution in [2.75, 3.05) is 6.54 Å². The monoisotopic (exact) mass is 312 g/mol. The van der Waals surface area contributed by atoms with Crippen molar-refractivity contribution in [2.24, 2.45) is 0 Å². The van der Waals surface area contributed by atoms with Crippen LogP contribution in [0.4, 0.5) is 0 Å². The van der Waals surface area contributed by atoms with Crippen LogP contribution in [0.2, 0.25) is 5.02 Å². The predicted molar refractivity (Wildman–Crippen MR) is 77.4 cm³/mol. The fraction of sp³-hybridized carbons (Fsp3) is 0.154. The molecule has 2 aromatic rings. The lowest BCUT2D eigenvalue weighted by molar-refractivity contribution is 0.580. The maximum absolute atomic E-state index is 11.9. The Morgan fingerprint density at radius 3 is 2.50 bits per heavy atom. The van der Waals surface area contributed by atoms with Gasteiger partial charge in [0.1, 0.15) is 4.90 Å². The molecule has 7 heteroatoms. The fourth-order valence-corrected chi connectivity index (χ4v) is 2.88. The Labute approximate surface area is 121 Å². The van der Waals surface area contributed by atoms with E-state index in [1.54, 1.807) is 12.1 Å². The Bertz CT molecular complexity index is 739. The summed E-state index contributed by atoms with van der Waals surface area (Å²) in [6.07, 6.45) is 3.07. The molecule has 0 aliphatic heterocycles. The quantitative estimate of drug-likeness (QED) is 0.879. The highest BCUT2D eigenvalue weighted by atomic mass is 35.5. The molecule has 20 heavy (non-hydrogen) atoms.